The van der Waals surface area contributed by atoms with Crippen LogP contribution in [0.3, 0.4) is 0 Å². The standard InChI is InChI=1S/C21H24ClNO5S/c1-21(2,3)28-20(25)27-17-11-13-12-23(10-9-16(13)29-17)18(19(24)26-4)14-7-5-6-8-15(14)22/h5-8,11,18H,9-10,12H2,1-4H3/t18-/m0/s1. The molecule has 0 spiro atoms. The van der Waals surface area contributed by atoms with Crippen molar-refractivity contribution in [1.82, 2.24) is 4.90 Å². The lowest BCUT2D eigenvalue weighted by Gasteiger charge is -2.33. The Kier molecular flexibility index (Phi) is 6.51. The molecule has 0 bridgehead atoms. The number of benzene rings is 1. The molecule has 1 aromatic carbocycles. The molecule has 0 amide bonds. The molecule has 1 aliphatic rings. The summed E-state index contributed by atoms with van der Waals surface area (Å²) in [6, 6.07) is 8.51. The van der Waals surface area contributed by atoms with Gasteiger partial charge >= 0.3 is 12.1 Å². The zero-order valence-corrected chi connectivity index (χ0v) is 18.4. The molecular formula is C21H24ClNO5S. The van der Waals surface area contributed by atoms with Crippen LogP contribution >= 0.6 is 22.9 Å². The number of halogens is 1. The Morgan fingerprint density at radius 2 is 1.97 bits per heavy atom. The Morgan fingerprint density at radius 3 is 2.62 bits per heavy atom. The van der Waals surface area contributed by atoms with Crippen LogP contribution < -0.4 is 4.74 Å². The van der Waals surface area contributed by atoms with Crippen LogP contribution in [0, 0.1) is 0 Å². The van der Waals surface area contributed by atoms with Gasteiger partial charge in [-0.1, -0.05) is 29.8 Å². The summed E-state index contributed by atoms with van der Waals surface area (Å²) in [5.74, 6) is -0.359. The molecule has 0 saturated carbocycles. The number of ether oxygens (including phenoxy) is 3. The Balaban J connectivity index is 1.79. The number of carbonyl (C=O) groups is 2. The summed E-state index contributed by atoms with van der Waals surface area (Å²) in [6.07, 6.45) is 0.00627. The van der Waals surface area contributed by atoms with E-state index >= 15 is 0 Å². The van der Waals surface area contributed by atoms with E-state index in [2.05, 4.69) is 0 Å². The van der Waals surface area contributed by atoms with E-state index in [0.717, 1.165) is 16.9 Å². The average molecular weight is 438 g/mol. The Hall–Kier alpha value is -2.09. The van der Waals surface area contributed by atoms with Gasteiger partial charge < -0.3 is 14.2 Å². The van der Waals surface area contributed by atoms with Crippen molar-refractivity contribution in [3.8, 4) is 5.06 Å². The van der Waals surface area contributed by atoms with Crippen LogP contribution in [0.15, 0.2) is 30.3 Å². The molecule has 0 radical (unpaired) electrons. The van der Waals surface area contributed by atoms with Crippen molar-refractivity contribution in [2.45, 2.75) is 45.4 Å². The Labute approximate surface area is 179 Å². The fourth-order valence-electron chi connectivity index (χ4n) is 3.23. The van der Waals surface area contributed by atoms with Crippen molar-refractivity contribution in [3.05, 3.63) is 51.4 Å². The first kappa shape index (κ1) is 21.6. The van der Waals surface area contributed by atoms with E-state index in [4.69, 9.17) is 25.8 Å². The van der Waals surface area contributed by atoms with E-state index in [9.17, 15) is 9.59 Å². The molecule has 3 rings (SSSR count). The first-order valence-electron chi connectivity index (χ1n) is 9.26. The molecule has 1 atom stereocenters. The molecule has 0 fully saturated rings. The summed E-state index contributed by atoms with van der Waals surface area (Å²) in [6.45, 7) is 6.53. The van der Waals surface area contributed by atoms with Gasteiger partial charge in [0, 0.05) is 23.0 Å². The fraction of sp³-hybridized carbons (Fsp3) is 0.429. The summed E-state index contributed by atoms with van der Waals surface area (Å²) in [5.41, 5.74) is 1.11. The molecule has 0 saturated heterocycles. The van der Waals surface area contributed by atoms with Crippen LogP contribution in [-0.2, 0) is 27.2 Å². The third kappa shape index (κ3) is 5.29. The minimum absolute atomic E-state index is 0.359. The molecule has 1 aliphatic heterocycles. The molecular weight excluding hydrogens is 414 g/mol. The quantitative estimate of drug-likeness (QED) is 0.628. The summed E-state index contributed by atoms with van der Waals surface area (Å²) < 4.78 is 15.6. The first-order valence-corrected chi connectivity index (χ1v) is 10.5. The highest BCUT2D eigenvalue weighted by Crippen LogP contribution is 2.38. The zero-order chi connectivity index (χ0) is 21.2. The predicted octanol–water partition coefficient (Wildman–Crippen LogP) is 4.99. The average Bonchev–Trinajstić information content (AvgIpc) is 3.03. The van der Waals surface area contributed by atoms with E-state index < -0.39 is 17.8 Å². The number of carbonyl (C=O) groups excluding carboxylic acids is 2. The van der Waals surface area contributed by atoms with E-state index in [-0.39, 0.29) is 5.97 Å². The lowest BCUT2D eigenvalue weighted by molar-refractivity contribution is -0.147. The maximum absolute atomic E-state index is 12.6. The van der Waals surface area contributed by atoms with Crippen LogP contribution in [0.2, 0.25) is 5.02 Å². The van der Waals surface area contributed by atoms with Gasteiger partial charge in [0.15, 0.2) is 5.06 Å². The number of thiophene rings is 1. The smallest absolute Gasteiger partial charge is 0.468 e. The highest BCUT2D eigenvalue weighted by molar-refractivity contribution is 7.14. The number of fused-ring (bicyclic) bond motifs is 1. The second-order valence-electron chi connectivity index (χ2n) is 7.75. The van der Waals surface area contributed by atoms with E-state index in [1.54, 1.807) is 26.8 Å². The zero-order valence-electron chi connectivity index (χ0n) is 16.9. The topological polar surface area (TPSA) is 65.1 Å². The second-order valence-corrected chi connectivity index (χ2v) is 9.25. The van der Waals surface area contributed by atoms with Crippen molar-refractivity contribution in [3.63, 3.8) is 0 Å². The van der Waals surface area contributed by atoms with Gasteiger partial charge in [-0.15, -0.1) is 11.3 Å². The second kappa shape index (κ2) is 8.73. The van der Waals surface area contributed by atoms with Crippen LogP contribution in [0.4, 0.5) is 4.79 Å². The molecule has 0 aliphatic carbocycles. The number of methoxy groups -OCH3 is 1. The van der Waals surface area contributed by atoms with E-state index in [0.29, 0.717) is 28.7 Å². The number of nitrogens with zero attached hydrogens (tertiary/aromatic N) is 1. The van der Waals surface area contributed by atoms with Crippen molar-refractivity contribution < 1.29 is 23.8 Å². The van der Waals surface area contributed by atoms with Gasteiger partial charge in [-0.2, -0.15) is 0 Å². The van der Waals surface area contributed by atoms with Crippen molar-refractivity contribution in [1.29, 1.82) is 0 Å². The molecule has 6 nitrogen and oxygen atoms in total. The normalized spacial score (nSPS) is 15.3. The van der Waals surface area contributed by atoms with Gasteiger partial charge in [0.2, 0.25) is 0 Å². The van der Waals surface area contributed by atoms with Crippen LogP contribution in [-0.4, -0.2) is 36.3 Å². The Morgan fingerprint density at radius 1 is 1.24 bits per heavy atom. The third-order valence-electron chi connectivity index (χ3n) is 4.44. The maximum atomic E-state index is 12.6. The molecule has 29 heavy (non-hydrogen) atoms. The summed E-state index contributed by atoms with van der Waals surface area (Å²) >= 11 is 7.77. The number of hydrogen-bond acceptors (Lipinski definition) is 7. The Bertz CT molecular complexity index is 905. The minimum atomic E-state index is -0.726. The minimum Gasteiger partial charge on any atom is -0.468 e. The van der Waals surface area contributed by atoms with Crippen molar-refractivity contribution in [2.24, 2.45) is 0 Å². The lowest BCUT2D eigenvalue weighted by Crippen LogP contribution is -2.38. The molecule has 8 heteroatoms. The number of hydrogen-bond donors (Lipinski definition) is 0. The van der Waals surface area contributed by atoms with Crippen LogP contribution in [0.25, 0.3) is 0 Å². The summed E-state index contributed by atoms with van der Waals surface area (Å²) in [4.78, 5) is 27.6. The van der Waals surface area contributed by atoms with Crippen molar-refractivity contribution >= 4 is 35.1 Å². The summed E-state index contributed by atoms with van der Waals surface area (Å²) in [7, 11) is 1.37. The molecule has 1 aromatic heterocycles. The monoisotopic (exact) mass is 437 g/mol. The third-order valence-corrected chi connectivity index (χ3v) is 5.90. The van der Waals surface area contributed by atoms with Gasteiger partial charge in [0.1, 0.15) is 11.6 Å². The van der Waals surface area contributed by atoms with E-state index in [1.165, 1.54) is 18.4 Å². The fourth-order valence-corrected chi connectivity index (χ4v) is 4.47. The molecule has 156 valence electrons. The SMILES string of the molecule is COC(=O)[C@H](c1ccccc1Cl)N1CCc2sc(OC(=O)OC(C)(C)C)cc2C1. The predicted molar refractivity (Wildman–Crippen MR) is 112 cm³/mol. The van der Waals surface area contributed by atoms with Crippen LogP contribution in [0.1, 0.15) is 42.8 Å². The van der Waals surface area contributed by atoms with Gasteiger partial charge in [-0.25, -0.2) is 9.59 Å². The molecule has 0 N–H and O–H groups in total. The van der Waals surface area contributed by atoms with Crippen LogP contribution in [0.5, 0.6) is 5.06 Å². The molecule has 2 aromatic rings. The van der Waals surface area contributed by atoms with Gasteiger partial charge in [-0.3, -0.25) is 4.90 Å². The highest BCUT2D eigenvalue weighted by atomic mass is 35.5. The summed E-state index contributed by atoms with van der Waals surface area (Å²) in [5, 5.41) is 1.01. The van der Waals surface area contributed by atoms with Gasteiger partial charge in [0.05, 0.1) is 7.11 Å². The molecule has 0 unspecified atom stereocenters. The number of rotatable bonds is 4. The van der Waals surface area contributed by atoms with E-state index in [1.807, 2.05) is 29.2 Å². The first-order chi connectivity index (χ1) is 13.7. The lowest BCUT2D eigenvalue weighted by atomic mass is 10.0. The number of esters is 1. The van der Waals surface area contributed by atoms with Gasteiger partial charge in [-0.05, 0) is 50.5 Å². The van der Waals surface area contributed by atoms with Gasteiger partial charge in [0.25, 0.3) is 0 Å². The van der Waals surface area contributed by atoms with Crippen molar-refractivity contribution in [2.75, 3.05) is 13.7 Å². The molecule has 2 heterocycles. The highest BCUT2D eigenvalue weighted by Gasteiger charge is 2.33. The largest absolute Gasteiger partial charge is 0.515 e. The maximum Gasteiger partial charge on any atom is 0.515 e.